The summed E-state index contributed by atoms with van der Waals surface area (Å²) >= 11 is 0. The molecule has 0 amide bonds. The van der Waals surface area contributed by atoms with Gasteiger partial charge in [0.25, 0.3) is 5.95 Å². The number of hydrogen-bond donors (Lipinski definition) is 0. The van der Waals surface area contributed by atoms with Crippen LogP contribution in [0.3, 0.4) is 0 Å². The van der Waals surface area contributed by atoms with Crippen LogP contribution in [0.5, 0.6) is 0 Å². The van der Waals surface area contributed by atoms with Crippen molar-refractivity contribution >= 4 is 0 Å². The summed E-state index contributed by atoms with van der Waals surface area (Å²) in [7, 11) is 0. The van der Waals surface area contributed by atoms with Crippen LogP contribution in [0.4, 0.5) is 0 Å². The molecular weight excluding hydrogens is 286 g/mol. The summed E-state index contributed by atoms with van der Waals surface area (Å²) in [6.07, 6.45) is 10.0. The number of rotatable bonds is 7. The monoisotopic (exact) mass is 313 g/mol. The average molecular weight is 313 g/mol. The molecule has 1 aliphatic rings. The molecule has 2 aromatic rings. The highest BCUT2D eigenvalue weighted by atomic mass is 15.5. The van der Waals surface area contributed by atoms with Crippen molar-refractivity contribution in [1.29, 1.82) is 0 Å². The van der Waals surface area contributed by atoms with Gasteiger partial charge in [-0.3, -0.25) is 0 Å². The molecular formula is C18H27N5. The van der Waals surface area contributed by atoms with Crippen LogP contribution in [0, 0.1) is 6.92 Å². The highest BCUT2D eigenvalue weighted by Crippen LogP contribution is 2.24. The van der Waals surface area contributed by atoms with Crippen molar-refractivity contribution < 1.29 is 0 Å². The van der Waals surface area contributed by atoms with E-state index in [0.717, 1.165) is 49.9 Å². The molecule has 3 rings (SSSR count). The molecule has 2 heterocycles. The number of aromatic nitrogens is 5. The second-order valence-corrected chi connectivity index (χ2v) is 6.49. The molecule has 0 saturated heterocycles. The van der Waals surface area contributed by atoms with Gasteiger partial charge in [-0.05, 0) is 57.4 Å². The van der Waals surface area contributed by atoms with Crippen molar-refractivity contribution in [2.45, 2.75) is 78.6 Å². The van der Waals surface area contributed by atoms with E-state index in [0.29, 0.717) is 5.95 Å². The Morgan fingerprint density at radius 3 is 2.57 bits per heavy atom. The molecule has 23 heavy (non-hydrogen) atoms. The van der Waals surface area contributed by atoms with Gasteiger partial charge in [0.2, 0.25) is 0 Å². The standard InChI is InChI=1S/C18H27N5/c1-4-6-10-16-17(12-7-5-2)23(22-21-16)18-19-13(3)14-9-8-11-15(14)20-18/h4-12H2,1-3H3. The van der Waals surface area contributed by atoms with E-state index in [9.17, 15) is 0 Å². The summed E-state index contributed by atoms with van der Waals surface area (Å²) in [5, 5.41) is 8.84. The van der Waals surface area contributed by atoms with Crippen LogP contribution in [-0.2, 0) is 25.7 Å². The smallest absolute Gasteiger partial charge is 0.216 e. The fraction of sp³-hybridized carbons (Fsp3) is 0.667. The summed E-state index contributed by atoms with van der Waals surface area (Å²) < 4.78 is 1.90. The van der Waals surface area contributed by atoms with Crippen molar-refractivity contribution in [3.8, 4) is 5.95 Å². The molecule has 5 heteroatoms. The van der Waals surface area contributed by atoms with Crippen molar-refractivity contribution in [3.63, 3.8) is 0 Å². The Balaban J connectivity index is 1.98. The molecule has 0 N–H and O–H groups in total. The van der Waals surface area contributed by atoms with Gasteiger partial charge in [0.15, 0.2) is 0 Å². The summed E-state index contributed by atoms with van der Waals surface area (Å²) in [6.45, 7) is 6.52. The van der Waals surface area contributed by atoms with Crippen LogP contribution in [0.25, 0.3) is 5.95 Å². The molecule has 0 radical (unpaired) electrons. The minimum atomic E-state index is 0.713. The predicted octanol–water partition coefficient (Wildman–Crippen LogP) is 3.54. The third-order valence-electron chi connectivity index (χ3n) is 4.70. The van der Waals surface area contributed by atoms with Gasteiger partial charge in [-0.15, -0.1) is 5.10 Å². The lowest BCUT2D eigenvalue weighted by molar-refractivity contribution is 0.681. The first-order chi connectivity index (χ1) is 11.2. The van der Waals surface area contributed by atoms with Crippen molar-refractivity contribution in [2.75, 3.05) is 0 Å². The molecule has 124 valence electrons. The Morgan fingerprint density at radius 1 is 1.00 bits per heavy atom. The third kappa shape index (κ3) is 3.28. The summed E-state index contributed by atoms with van der Waals surface area (Å²) in [4.78, 5) is 9.52. The second-order valence-electron chi connectivity index (χ2n) is 6.49. The molecule has 0 aliphatic heterocycles. The van der Waals surface area contributed by atoms with Crippen molar-refractivity contribution in [3.05, 3.63) is 28.3 Å². The SMILES string of the molecule is CCCCc1nnn(-c2nc(C)c3c(n2)CCC3)c1CCCC. The molecule has 0 spiro atoms. The largest absolute Gasteiger partial charge is 0.252 e. The van der Waals surface area contributed by atoms with E-state index < -0.39 is 0 Å². The van der Waals surface area contributed by atoms with E-state index in [4.69, 9.17) is 9.97 Å². The number of aryl methyl sites for hydroxylation is 3. The molecule has 1 aliphatic carbocycles. The first-order valence-corrected chi connectivity index (χ1v) is 9.04. The van der Waals surface area contributed by atoms with E-state index in [2.05, 4.69) is 31.1 Å². The Bertz CT molecular complexity index is 674. The predicted molar refractivity (Wildman–Crippen MR) is 90.9 cm³/mol. The second kappa shape index (κ2) is 7.20. The van der Waals surface area contributed by atoms with Gasteiger partial charge in [-0.2, -0.15) is 4.68 Å². The zero-order valence-corrected chi connectivity index (χ0v) is 14.6. The van der Waals surface area contributed by atoms with Gasteiger partial charge in [-0.25, -0.2) is 9.97 Å². The van der Waals surface area contributed by atoms with Gasteiger partial charge in [0.1, 0.15) is 0 Å². The topological polar surface area (TPSA) is 56.5 Å². The van der Waals surface area contributed by atoms with E-state index in [-0.39, 0.29) is 0 Å². The van der Waals surface area contributed by atoms with Crippen molar-refractivity contribution in [2.24, 2.45) is 0 Å². The number of unbranched alkanes of at least 4 members (excludes halogenated alkanes) is 2. The lowest BCUT2D eigenvalue weighted by atomic mass is 10.1. The number of hydrogen-bond acceptors (Lipinski definition) is 4. The Hall–Kier alpha value is -1.78. The van der Waals surface area contributed by atoms with Gasteiger partial charge in [-0.1, -0.05) is 31.9 Å². The van der Waals surface area contributed by atoms with Gasteiger partial charge >= 0.3 is 0 Å². The maximum absolute atomic E-state index is 4.80. The molecule has 0 fully saturated rings. The summed E-state index contributed by atoms with van der Waals surface area (Å²) in [5.74, 6) is 0.713. The normalized spacial score (nSPS) is 13.5. The molecule has 0 atom stereocenters. The summed E-state index contributed by atoms with van der Waals surface area (Å²) in [6, 6.07) is 0. The van der Waals surface area contributed by atoms with Crippen LogP contribution in [0.2, 0.25) is 0 Å². The zero-order chi connectivity index (χ0) is 16.2. The maximum Gasteiger partial charge on any atom is 0.252 e. The number of fused-ring (bicyclic) bond motifs is 1. The molecule has 0 unspecified atom stereocenters. The minimum absolute atomic E-state index is 0.713. The Morgan fingerprint density at radius 2 is 1.78 bits per heavy atom. The van der Waals surface area contributed by atoms with E-state index in [1.807, 2.05) is 4.68 Å². The maximum atomic E-state index is 4.80. The Kier molecular flexibility index (Phi) is 5.03. The summed E-state index contributed by atoms with van der Waals surface area (Å²) in [5.41, 5.74) is 5.99. The Labute approximate surface area is 138 Å². The van der Waals surface area contributed by atoms with Crippen LogP contribution in [0.1, 0.15) is 74.3 Å². The number of nitrogens with zero attached hydrogens (tertiary/aromatic N) is 5. The van der Waals surface area contributed by atoms with Gasteiger partial charge in [0.05, 0.1) is 11.4 Å². The highest BCUT2D eigenvalue weighted by Gasteiger charge is 2.20. The fourth-order valence-electron chi connectivity index (χ4n) is 3.33. The first kappa shape index (κ1) is 16.1. The van der Waals surface area contributed by atoms with Gasteiger partial charge < -0.3 is 0 Å². The lowest BCUT2D eigenvalue weighted by Gasteiger charge is -2.09. The van der Waals surface area contributed by atoms with Crippen LogP contribution in [0.15, 0.2) is 0 Å². The molecule has 2 aromatic heterocycles. The quantitative estimate of drug-likeness (QED) is 0.784. The zero-order valence-electron chi connectivity index (χ0n) is 14.6. The van der Waals surface area contributed by atoms with Crippen LogP contribution >= 0.6 is 0 Å². The minimum Gasteiger partial charge on any atom is -0.216 e. The molecule has 0 bridgehead atoms. The lowest BCUT2D eigenvalue weighted by Crippen LogP contribution is -2.11. The van der Waals surface area contributed by atoms with Crippen LogP contribution in [-0.4, -0.2) is 25.0 Å². The molecule has 5 nitrogen and oxygen atoms in total. The first-order valence-electron chi connectivity index (χ1n) is 9.04. The molecule has 0 aromatic carbocycles. The third-order valence-corrected chi connectivity index (χ3v) is 4.70. The van der Waals surface area contributed by atoms with E-state index in [1.165, 1.54) is 36.2 Å². The van der Waals surface area contributed by atoms with Crippen LogP contribution < -0.4 is 0 Å². The van der Waals surface area contributed by atoms with E-state index in [1.54, 1.807) is 0 Å². The highest BCUT2D eigenvalue weighted by molar-refractivity contribution is 5.33. The average Bonchev–Trinajstić information content (AvgIpc) is 3.17. The van der Waals surface area contributed by atoms with Gasteiger partial charge in [0, 0.05) is 11.4 Å². The van der Waals surface area contributed by atoms with E-state index >= 15 is 0 Å². The molecule has 0 saturated carbocycles. The van der Waals surface area contributed by atoms with Crippen molar-refractivity contribution in [1.82, 2.24) is 25.0 Å². The fourth-order valence-corrected chi connectivity index (χ4v) is 3.33.